The third kappa shape index (κ3) is 4.45. The van der Waals surface area contributed by atoms with E-state index in [1.54, 1.807) is 27.7 Å². The lowest BCUT2D eigenvalue weighted by Gasteiger charge is -2.23. The molecule has 0 fully saturated rings. The predicted octanol–water partition coefficient (Wildman–Crippen LogP) is 1.67. The number of carbonyl (C=O) groups is 2. The Kier molecular flexibility index (Phi) is 4.94. The van der Waals surface area contributed by atoms with Crippen LogP contribution in [-0.4, -0.2) is 34.8 Å². The molecule has 0 saturated heterocycles. The van der Waals surface area contributed by atoms with Crippen molar-refractivity contribution < 1.29 is 19.4 Å². The molecule has 1 aliphatic carbocycles. The molecule has 6 heteroatoms. The molecule has 6 nitrogen and oxygen atoms in total. The summed E-state index contributed by atoms with van der Waals surface area (Å²) >= 11 is 0. The number of nitrogens with one attached hydrogen (secondary N) is 2. The highest BCUT2D eigenvalue weighted by molar-refractivity contribution is 5.85. The third-order valence-corrected chi connectivity index (χ3v) is 3.65. The second-order valence-corrected chi connectivity index (χ2v) is 6.83. The van der Waals surface area contributed by atoms with Crippen molar-refractivity contribution in [1.82, 2.24) is 10.6 Å². The van der Waals surface area contributed by atoms with Crippen LogP contribution in [-0.2, 0) is 16.0 Å². The maximum atomic E-state index is 12.2. The fourth-order valence-corrected chi connectivity index (χ4v) is 2.56. The smallest absolute Gasteiger partial charge is 0.408 e. The Hall–Kier alpha value is -2.08. The summed E-state index contributed by atoms with van der Waals surface area (Å²) in [5, 5.41) is 15.6. The van der Waals surface area contributed by atoms with Gasteiger partial charge in [-0.25, -0.2) is 4.79 Å². The second-order valence-electron chi connectivity index (χ2n) is 6.83. The van der Waals surface area contributed by atoms with Gasteiger partial charge >= 0.3 is 6.09 Å². The summed E-state index contributed by atoms with van der Waals surface area (Å²) in [6.07, 6.45) is -0.804. The molecule has 2 rings (SSSR count). The summed E-state index contributed by atoms with van der Waals surface area (Å²) in [4.78, 5) is 23.9. The lowest BCUT2D eigenvalue weighted by Crippen LogP contribution is -2.50. The number of hydrogen-bond acceptors (Lipinski definition) is 4. The molecule has 0 saturated carbocycles. The van der Waals surface area contributed by atoms with Gasteiger partial charge in [0.1, 0.15) is 11.6 Å². The number of ether oxygens (including phenoxy) is 1. The van der Waals surface area contributed by atoms with Crippen molar-refractivity contribution in [3.8, 4) is 0 Å². The van der Waals surface area contributed by atoms with E-state index in [1.165, 1.54) is 0 Å². The number of carbonyl (C=O) groups excluding carboxylic acids is 2. The Morgan fingerprint density at radius 3 is 2.57 bits per heavy atom. The first-order valence-electron chi connectivity index (χ1n) is 7.73. The Bertz CT molecular complexity index is 595. The summed E-state index contributed by atoms with van der Waals surface area (Å²) in [5.41, 5.74) is 1.24. The fraction of sp³-hybridized carbons (Fsp3) is 0.529. The number of aliphatic hydroxyl groups excluding tert-OH is 1. The van der Waals surface area contributed by atoms with Gasteiger partial charge in [-0.3, -0.25) is 4.79 Å². The Balaban J connectivity index is 1.89. The van der Waals surface area contributed by atoms with Gasteiger partial charge in [0.2, 0.25) is 5.91 Å². The van der Waals surface area contributed by atoms with E-state index in [4.69, 9.17) is 4.74 Å². The molecule has 0 heterocycles. The molecule has 23 heavy (non-hydrogen) atoms. The normalized spacial score (nSPS) is 21.3. The second kappa shape index (κ2) is 6.58. The molecule has 0 unspecified atom stereocenters. The molecule has 0 spiro atoms. The zero-order valence-corrected chi connectivity index (χ0v) is 13.9. The van der Waals surface area contributed by atoms with Gasteiger partial charge in [0.25, 0.3) is 0 Å². The average Bonchev–Trinajstić information content (AvgIpc) is 2.73. The van der Waals surface area contributed by atoms with Crippen molar-refractivity contribution in [2.75, 3.05) is 0 Å². The van der Waals surface area contributed by atoms with Crippen LogP contribution in [0.4, 0.5) is 4.79 Å². The van der Waals surface area contributed by atoms with Gasteiger partial charge in [-0.05, 0) is 45.2 Å². The van der Waals surface area contributed by atoms with E-state index in [-0.39, 0.29) is 11.9 Å². The van der Waals surface area contributed by atoms with E-state index in [9.17, 15) is 14.7 Å². The summed E-state index contributed by atoms with van der Waals surface area (Å²) in [5.74, 6) is -0.354. The molecule has 0 aromatic heterocycles. The lowest BCUT2D eigenvalue weighted by molar-refractivity contribution is -0.124. The molecular formula is C17H24N2O4. The van der Waals surface area contributed by atoms with Crippen molar-refractivity contribution in [1.29, 1.82) is 0 Å². The van der Waals surface area contributed by atoms with Crippen molar-refractivity contribution in [2.24, 2.45) is 0 Å². The highest BCUT2D eigenvalue weighted by Crippen LogP contribution is 2.30. The van der Waals surface area contributed by atoms with Crippen LogP contribution in [0.5, 0.6) is 0 Å². The first-order valence-corrected chi connectivity index (χ1v) is 7.73. The van der Waals surface area contributed by atoms with Gasteiger partial charge in [-0.1, -0.05) is 24.3 Å². The van der Waals surface area contributed by atoms with Crippen LogP contribution in [0, 0.1) is 0 Å². The summed E-state index contributed by atoms with van der Waals surface area (Å²) in [6.45, 7) is 6.84. The molecule has 0 radical (unpaired) electrons. The minimum atomic E-state index is -0.749. The maximum absolute atomic E-state index is 12.2. The number of amides is 2. The first-order chi connectivity index (χ1) is 10.7. The van der Waals surface area contributed by atoms with E-state index < -0.39 is 23.8 Å². The van der Waals surface area contributed by atoms with Crippen LogP contribution in [0.3, 0.4) is 0 Å². The lowest BCUT2D eigenvalue weighted by atomic mass is 10.1. The van der Waals surface area contributed by atoms with Crippen molar-refractivity contribution in [3.05, 3.63) is 35.4 Å². The van der Waals surface area contributed by atoms with Crippen LogP contribution in [0.2, 0.25) is 0 Å². The molecule has 0 aliphatic heterocycles. The standard InChI is InChI=1S/C17H24N2O4/c1-10(18-16(22)23-17(2,3)4)15(21)19-13-9-11-7-5-6-8-12(11)14(13)20/h5-8,10,13-14,20H,9H2,1-4H3,(H,18,22)(H,19,21)/t10-,13-,14+/m1/s1. The van der Waals surface area contributed by atoms with Crippen LogP contribution in [0.25, 0.3) is 0 Å². The first kappa shape index (κ1) is 17.3. The molecule has 3 atom stereocenters. The van der Waals surface area contributed by atoms with Crippen molar-refractivity contribution in [2.45, 2.75) is 57.9 Å². The minimum Gasteiger partial charge on any atom is -0.444 e. The van der Waals surface area contributed by atoms with Gasteiger partial charge in [0.05, 0.1) is 12.1 Å². The van der Waals surface area contributed by atoms with Gasteiger partial charge in [-0.2, -0.15) is 0 Å². The van der Waals surface area contributed by atoms with Crippen molar-refractivity contribution >= 4 is 12.0 Å². The fourth-order valence-electron chi connectivity index (χ4n) is 2.56. The van der Waals surface area contributed by atoms with Gasteiger partial charge < -0.3 is 20.5 Å². The number of rotatable bonds is 3. The molecular weight excluding hydrogens is 296 g/mol. The molecule has 2 amide bonds. The van der Waals surface area contributed by atoms with Crippen LogP contribution in [0.15, 0.2) is 24.3 Å². The van der Waals surface area contributed by atoms with E-state index in [2.05, 4.69) is 10.6 Å². The molecule has 126 valence electrons. The minimum absolute atomic E-state index is 0.354. The summed E-state index contributed by atoms with van der Waals surface area (Å²) < 4.78 is 5.12. The molecule has 1 aliphatic rings. The Morgan fingerprint density at radius 2 is 1.96 bits per heavy atom. The van der Waals surface area contributed by atoms with Crippen LogP contribution in [0.1, 0.15) is 44.9 Å². The van der Waals surface area contributed by atoms with E-state index in [1.807, 2.05) is 24.3 Å². The quantitative estimate of drug-likeness (QED) is 0.790. The number of alkyl carbamates (subject to hydrolysis) is 1. The topological polar surface area (TPSA) is 87.7 Å². The molecule has 1 aromatic rings. The Labute approximate surface area is 136 Å². The van der Waals surface area contributed by atoms with Gasteiger partial charge in [0, 0.05) is 0 Å². The van der Waals surface area contributed by atoms with Crippen molar-refractivity contribution in [3.63, 3.8) is 0 Å². The van der Waals surface area contributed by atoms with E-state index in [0.717, 1.165) is 11.1 Å². The number of fused-ring (bicyclic) bond motifs is 1. The zero-order chi connectivity index (χ0) is 17.2. The summed E-state index contributed by atoms with van der Waals surface area (Å²) in [7, 11) is 0. The molecule has 1 aromatic carbocycles. The Morgan fingerprint density at radius 1 is 1.30 bits per heavy atom. The van der Waals surface area contributed by atoms with Crippen LogP contribution < -0.4 is 10.6 Å². The highest BCUT2D eigenvalue weighted by atomic mass is 16.6. The van der Waals surface area contributed by atoms with Gasteiger partial charge in [0.15, 0.2) is 0 Å². The predicted molar refractivity (Wildman–Crippen MR) is 85.9 cm³/mol. The number of hydrogen-bond donors (Lipinski definition) is 3. The molecule has 3 N–H and O–H groups in total. The molecule has 0 bridgehead atoms. The highest BCUT2D eigenvalue weighted by Gasteiger charge is 2.33. The summed E-state index contributed by atoms with van der Waals surface area (Å²) in [6, 6.07) is 6.42. The van der Waals surface area contributed by atoms with E-state index >= 15 is 0 Å². The number of benzene rings is 1. The largest absolute Gasteiger partial charge is 0.444 e. The van der Waals surface area contributed by atoms with E-state index in [0.29, 0.717) is 6.42 Å². The SMILES string of the molecule is C[C@@H](NC(=O)OC(C)(C)C)C(=O)N[C@@H]1Cc2ccccc2[C@@H]1O. The van der Waals surface area contributed by atoms with Gasteiger partial charge in [-0.15, -0.1) is 0 Å². The average molecular weight is 320 g/mol. The third-order valence-electron chi connectivity index (χ3n) is 3.65. The van der Waals surface area contributed by atoms with Crippen LogP contribution >= 0.6 is 0 Å². The zero-order valence-electron chi connectivity index (χ0n) is 13.9. The monoisotopic (exact) mass is 320 g/mol. The number of aliphatic hydroxyl groups is 1. The maximum Gasteiger partial charge on any atom is 0.408 e.